The van der Waals surface area contributed by atoms with Gasteiger partial charge >= 0.3 is 0 Å². The van der Waals surface area contributed by atoms with Crippen molar-refractivity contribution in [3.8, 4) is 17.2 Å². The van der Waals surface area contributed by atoms with Gasteiger partial charge in [-0.2, -0.15) is 10.4 Å². The molecule has 1 saturated carbocycles. The van der Waals surface area contributed by atoms with Crippen molar-refractivity contribution in [1.82, 2.24) is 9.78 Å². The molecule has 5 nitrogen and oxygen atoms in total. The number of hydrogen-bond acceptors (Lipinski definition) is 4. The smallest absolute Gasteiger partial charge is 0.139 e. The van der Waals surface area contributed by atoms with E-state index in [1.807, 2.05) is 30.8 Å². The summed E-state index contributed by atoms with van der Waals surface area (Å²) in [5, 5.41) is 19.0. The van der Waals surface area contributed by atoms with Crippen LogP contribution in [0.1, 0.15) is 48.9 Å². The molecule has 1 aliphatic heterocycles. The molecule has 0 bridgehead atoms. The van der Waals surface area contributed by atoms with Crippen molar-refractivity contribution in [2.24, 2.45) is 7.05 Å². The zero-order valence-electron chi connectivity index (χ0n) is 16.1. The fourth-order valence-electron chi connectivity index (χ4n) is 4.37. The summed E-state index contributed by atoms with van der Waals surface area (Å²) >= 11 is 0. The monoisotopic (exact) mass is 370 g/mol. The number of nitriles is 1. The third-order valence-corrected chi connectivity index (χ3v) is 5.89. The third-order valence-electron chi connectivity index (χ3n) is 5.89. The van der Waals surface area contributed by atoms with E-state index in [4.69, 9.17) is 5.10 Å². The molecule has 140 valence electrons. The van der Waals surface area contributed by atoms with Crippen LogP contribution in [0.25, 0.3) is 22.0 Å². The zero-order chi connectivity index (χ0) is 19.4. The average Bonchev–Trinajstić information content (AvgIpc) is 3.48. The van der Waals surface area contributed by atoms with Crippen molar-refractivity contribution in [2.45, 2.75) is 44.6 Å². The first-order chi connectivity index (χ1) is 13.5. The fourth-order valence-corrected chi connectivity index (χ4v) is 4.37. The van der Waals surface area contributed by atoms with Crippen LogP contribution in [-0.2, 0) is 18.3 Å². The topological polar surface area (TPSA) is 70.7 Å². The Balaban J connectivity index is 1.72. The predicted octanol–water partition coefficient (Wildman–Crippen LogP) is 4.31. The minimum Gasteiger partial charge on any atom is -0.381 e. The number of aromatic nitrogens is 2. The van der Waals surface area contributed by atoms with Gasteiger partial charge in [0.1, 0.15) is 5.78 Å². The van der Waals surface area contributed by atoms with Gasteiger partial charge < -0.3 is 5.32 Å². The highest BCUT2D eigenvalue weighted by atomic mass is 16.1. The van der Waals surface area contributed by atoms with Crippen molar-refractivity contribution >= 4 is 22.4 Å². The SMILES string of the molecule is C[C@@H]1CC(=O)Cc2c(C#N)ccc(-c3ccc4c(c3)c(C3CC3)nn4C)c2N1. The van der Waals surface area contributed by atoms with Crippen molar-refractivity contribution in [3.05, 3.63) is 47.2 Å². The molecule has 0 spiro atoms. The number of hydrogen-bond donors (Lipinski definition) is 1. The molecule has 1 fully saturated rings. The normalized spacial score (nSPS) is 19.0. The number of carbonyl (C=O) groups is 1. The Morgan fingerprint density at radius 3 is 2.82 bits per heavy atom. The lowest BCUT2D eigenvalue weighted by atomic mass is 9.93. The molecule has 1 aromatic heterocycles. The summed E-state index contributed by atoms with van der Waals surface area (Å²) < 4.78 is 1.96. The molecule has 0 unspecified atom stereocenters. The molecular weight excluding hydrogens is 348 g/mol. The quantitative estimate of drug-likeness (QED) is 0.730. The standard InChI is InChI=1S/C23H22N4O/c1-13-9-17(28)11-19-16(12-24)5-7-18(23(19)25-13)15-6-8-21-20(10-15)22(14-3-4-14)26-27(21)2/h5-8,10,13-14,25H,3-4,9,11H2,1-2H3/t13-/m1/s1. The first-order valence-electron chi connectivity index (χ1n) is 9.86. The molecule has 0 radical (unpaired) electrons. The molecule has 1 aliphatic carbocycles. The van der Waals surface area contributed by atoms with E-state index >= 15 is 0 Å². The minimum atomic E-state index is 0.0468. The maximum absolute atomic E-state index is 12.3. The lowest BCUT2D eigenvalue weighted by molar-refractivity contribution is -0.118. The maximum atomic E-state index is 12.3. The Hall–Kier alpha value is -3.13. The van der Waals surface area contributed by atoms with E-state index in [2.05, 4.69) is 29.6 Å². The highest BCUT2D eigenvalue weighted by Gasteiger charge is 2.29. The average molecular weight is 370 g/mol. The molecule has 2 heterocycles. The summed E-state index contributed by atoms with van der Waals surface area (Å²) in [5.74, 6) is 0.749. The van der Waals surface area contributed by atoms with Crippen LogP contribution in [0, 0.1) is 11.3 Å². The van der Waals surface area contributed by atoms with Gasteiger partial charge in [-0.25, -0.2) is 0 Å². The molecule has 28 heavy (non-hydrogen) atoms. The number of fused-ring (bicyclic) bond motifs is 2. The summed E-state index contributed by atoms with van der Waals surface area (Å²) in [7, 11) is 2.00. The van der Waals surface area contributed by atoms with Crippen LogP contribution in [-0.4, -0.2) is 21.6 Å². The highest BCUT2D eigenvalue weighted by Crippen LogP contribution is 2.44. The molecule has 0 saturated heterocycles. The largest absolute Gasteiger partial charge is 0.381 e. The highest BCUT2D eigenvalue weighted by molar-refractivity contribution is 5.94. The van der Waals surface area contributed by atoms with Gasteiger partial charge in [0.25, 0.3) is 0 Å². The Bertz CT molecular complexity index is 1160. The molecule has 5 heteroatoms. The summed E-state index contributed by atoms with van der Waals surface area (Å²) in [4.78, 5) is 12.3. The van der Waals surface area contributed by atoms with E-state index in [0.29, 0.717) is 24.3 Å². The third kappa shape index (κ3) is 2.68. The van der Waals surface area contributed by atoms with Gasteiger partial charge in [-0.1, -0.05) is 12.1 Å². The van der Waals surface area contributed by atoms with Gasteiger partial charge in [-0.15, -0.1) is 0 Å². The van der Waals surface area contributed by atoms with Gasteiger partial charge in [0.15, 0.2) is 0 Å². The molecule has 1 N–H and O–H groups in total. The molecule has 1 atom stereocenters. The van der Waals surface area contributed by atoms with Crippen molar-refractivity contribution in [3.63, 3.8) is 0 Å². The number of rotatable bonds is 2. The van der Waals surface area contributed by atoms with E-state index in [1.54, 1.807) is 0 Å². The Morgan fingerprint density at radius 1 is 1.25 bits per heavy atom. The lowest BCUT2D eigenvalue weighted by Crippen LogP contribution is -2.17. The van der Waals surface area contributed by atoms with Crippen LogP contribution in [0.2, 0.25) is 0 Å². The summed E-state index contributed by atoms with van der Waals surface area (Å²) in [5.41, 5.74) is 6.80. The molecule has 3 aromatic rings. The van der Waals surface area contributed by atoms with E-state index in [9.17, 15) is 10.1 Å². The predicted molar refractivity (Wildman–Crippen MR) is 109 cm³/mol. The van der Waals surface area contributed by atoms with Crippen molar-refractivity contribution in [2.75, 3.05) is 5.32 Å². The second-order valence-electron chi connectivity index (χ2n) is 8.11. The second kappa shape index (κ2) is 6.20. The Kier molecular flexibility index (Phi) is 3.77. The molecular formula is C23H22N4O. The number of ketones is 1. The van der Waals surface area contributed by atoms with Gasteiger partial charge in [-0.05, 0) is 43.5 Å². The number of nitrogens with zero attached hydrogens (tertiary/aromatic N) is 3. The summed E-state index contributed by atoms with van der Waals surface area (Å²) in [6.07, 6.45) is 3.21. The number of anilines is 1. The van der Waals surface area contributed by atoms with Crippen LogP contribution < -0.4 is 5.32 Å². The molecule has 2 aliphatic rings. The van der Waals surface area contributed by atoms with E-state index in [-0.39, 0.29) is 11.8 Å². The van der Waals surface area contributed by atoms with Gasteiger partial charge in [-0.3, -0.25) is 9.48 Å². The van der Waals surface area contributed by atoms with Crippen LogP contribution in [0.3, 0.4) is 0 Å². The fraction of sp³-hybridized carbons (Fsp3) is 0.348. The summed E-state index contributed by atoms with van der Waals surface area (Å²) in [6.45, 7) is 2.02. The van der Waals surface area contributed by atoms with Gasteiger partial charge in [0.05, 0.1) is 22.8 Å². The molecule has 5 rings (SSSR count). The summed E-state index contributed by atoms with van der Waals surface area (Å²) in [6, 6.07) is 12.6. The first kappa shape index (κ1) is 17.0. The Labute approximate surface area is 164 Å². The number of nitrogens with one attached hydrogen (secondary N) is 1. The zero-order valence-corrected chi connectivity index (χ0v) is 16.1. The van der Waals surface area contributed by atoms with Crippen LogP contribution in [0.15, 0.2) is 30.3 Å². The van der Waals surface area contributed by atoms with Gasteiger partial charge in [0, 0.05) is 54.0 Å². The molecule has 0 amide bonds. The first-order valence-corrected chi connectivity index (χ1v) is 9.86. The van der Waals surface area contributed by atoms with Crippen molar-refractivity contribution < 1.29 is 4.79 Å². The molecule has 2 aromatic carbocycles. The van der Waals surface area contributed by atoms with Crippen LogP contribution >= 0.6 is 0 Å². The second-order valence-corrected chi connectivity index (χ2v) is 8.11. The van der Waals surface area contributed by atoms with Gasteiger partial charge in [0.2, 0.25) is 0 Å². The number of benzene rings is 2. The Morgan fingerprint density at radius 2 is 2.07 bits per heavy atom. The van der Waals surface area contributed by atoms with E-state index < -0.39 is 0 Å². The van der Waals surface area contributed by atoms with Crippen LogP contribution in [0.4, 0.5) is 5.69 Å². The minimum absolute atomic E-state index is 0.0468. The van der Waals surface area contributed by atoms with Crippen molar-refractivity contribution in [1.29, 1.82) is 5.26 Å². The number of aryl methyl sites for hydroxylation is 1. The number of Topliss-reactive ketones (excluding diaryl/α,β-unsaturated/α-hetero) is 1. The lowest BCUT2D eigenvalue weighted by Gasteiger charge is -2.18. The van der Waals surface area contributed by atoms with Crippen LogP contribution in [0.5, 0.6) is 0 Å². The van der Waals surface area contributed by atoms with E-state index in [0.717, 1.165) is 27.9 Å². The number of carbonyl (C=O) groups excluding carboxylic acids is 1. The van der Waals surface area contributed by atoms with E-state index in [1.165, 1.54) is 23.9 Å². The maximum Gasteiger partial charge on any atom is 0.139 e.